The Morgan fingerprint density at radius 1 is 1.29 bits per heavy atom. The van der Waals surface area contributed by atoms with Crippen molar-refractivity contribution in [2.75, 3.05) is 26.7 Å². The molecule has 1 unspecified atom stereocenters. The van der Waals surface area contributed by atoms with Crippen molar-refractivity contribution >= 4 is 0 Å². The highest BCUT2D eigenvalue weighted by Crippen LogP contribution is 2.23. The molecule has 118 valence electrons. The maximum atomic E-state index is 9.98. The SMILES string of the molecule is COc1ccc(CNCC(C(C)C)N2CCCC2)c(O)c1. The molecule has 0 aliphatic carbocycles. The van der Waals surface area contributed by atoms with Crippen LogP contribution in [0.2, 0.25) is 0 Å². The number of phenolic OH excluding ortho intramolecular Hbond substituents is 1. The Bertz CT molecular complexity index is 442. The summed E-state index contributed by atoms with van der Waals surface area (Å²) in [5.74, 6) is 1.62. The summed E-state index contributed by atoms with van der Waals surface area (Å²) in [6.45, 7) is 8.66. The van der Waals surface area contributed by atoms with E-state index in [1.54, 1.807) is 13.2 Å². The Morgan fingerprint density at radius 3 is 2.57 bits per heavy atom. The van der Waals surface area contributed by atoms with E-state index in [1.807, 2.05) is 12.1 Å². The molecule has 1 aliphatic heterocycles. The van der Waals surface area contributed by atoms with Crippen LogP contribution in [0.4, 0.5) is 0 Å². The summed E-state index contributed by atoms with van der Waals surface area (Å²) in [5, 5.41) is 13.5. The average Bonchev–Trinajstić information content (AvgIpc) is 2.98. The zero-order valence-corrected chi connectivity index (χ0v) is 13.4. The second-order valence-electron chi connectivity index (χ2n) is 6.18. The summed E-state index contributed by atoms with van der Waals surface area (Å²) in [6, 6.07) is 6.04. The highest BCUT2D eigenvalue weighted by Gasteiger charge is 2.24. The van der Waals surface area contributed by atoms with Gasteiger partial charge in [-0.3, -0.25) is 4.90 Å². The maximum Gasteiger partial charge on any atom is 0.123 e. The summed E-state index contributed by atoms with van der Waals surface area (Å²) >= 11 is 0. The molecule has 0 aromatic heterocycles. The van der Waals surface area contributed by atoms with Gasteiger partial charge in [0, 0.05) is 30.8 Å². The summed E-state index contributed by atoms with van der Waals surface area (Å²) in [6.07, 6.45) is 2.64. The first-order valence-electron chi connectivity index (χ1n) is 7.92. The summed E-state index contributed by atoms with van der Waals surface area (Å²) in [5.41, 5.74) is 0.916. The van der Waals surface area contributed by atoms with Crippen LogP contribution in [0, 0.1) is 5.92 Å². The van der Waals surface area contributed by atoms with Gasteiger partial charge in [-0.2, -0.15) is 0 Å². The molecule has 0 bridgehead atoms. The lowest BCUT2D eigenvalue weighted by molar-refractivity contribution is 0.186. The molecule has 0 spiro atoms. The summed E-state index contributed by atoms with van der Waals surface area (Å²) in [7, 11) is 1.61. The Kier molecular flexibility index (Phi) is 5.88. The lowest BCUT2D eigenvalue weighted by atomic mass is 10.0. The number of likely N-dealkylation sites (tertiary alicyclic amines) is 1. The van der Waals surface area contributed by atoms with E-state index < -0.39 is 0 Å². The Labute approximate surface area is 128 Å². The van der Waals surface area contributed by atoms with Crippen molar-refractivity contribution in [3.63, 3.8) is 0 Å². The van der Waals surface area contributed by atoms with E-state index in [0.29, 0.717) is 30.0 Å². The van der Waals surface area contributed by atoms with Crippen molar-refractivity contribution in [2.45, 2.75) is 39.3 Å². The molecule has 2 rings (SSSR count). The quantitative estimate of drug-likeness (QED) is 0.811. The molecule has 1 aliphatic rings. The number of hydrogen-bond donors (Lipinski definition) is 2. The lowest BCUT2D eigenvalue weighted by Gasteiger charge is -2.31. The molecule has 1 heterocycles. The van der Waals surface area contributed by atoms with Crippen LogP contribution < -0.4 is 10.1 Å². The summed E-state index contributed by atoms with van der Waals surface area (Å²) < 4.78 is 5.10. The van der Waals surface area contributed by atoms with Gasteiger partial charge in [-0.25, -0.2) is 0 Å². The molecule has 1 aromatic rings. The molecule has 0 saturated carbocycles. The van der Waals surface area contributed by atoms with E-state index in [9.17, 15) is 5.11 Å². The molecule has 4 nitrogen and oxygen atoms in total. The van der Waals surface area contributed by atoms with Gasteiger partial charge in [0.2, 0.25) is 0 Å². The van der Waals surface area contributed by atoms with Crippen LogP contribution in [-0.4, -0.2) is 42.8 Å². The highest BCUT2D eigenvalue weighted by molar-refractivity contribution is 5.39. The van der Waals surface area contributed by atoms with Crippen LogP contribution >= 0.6 is 0 Å². The van der Waals surface area contributed by atoms with Gasteiger partial charge in [0.15, 0.2) is 0 Å². The third-order valence-corrected chi connectivity index (χ3v) is 4.34. The fraction of sp³-hybridized carbons (Fsp3) is 0.647. The second-order valence-corrected chi connectivity index (χ2v) is 6.18. The minimum atomic E-state index is 0.295. The first kappa shape index (κ1) is 16.1. The molecule has 2 N–H and O–H groups in total. The van der Waals surface area contributed by atoms with Gasteiger partial charge >= 0.3 is 0 Å². The fourth-order valence-electron chi connectivity index (χ4n) is 3.03. The maximum absolute atomic E-state index is 9.98. The molecule has 1 fully saturated rings. The number of ether oxygens (including phenoxy) is 1. The minimum Gasteiger partial charge on any atom is -0.507 e. The molecule has 1 saturated heterocycles. The van der Waals surface area contributed by atoms with Gasteiger partial charge < -0.3 is 15.2 Å². The van der Waals surface area contributed by atoms with E-state index in [4.69, 9.17) is 4.74 Å². The molecule has 0 amide bonds. The van der Waals surface area contributed by atoms with Crippen molar-refractivity contribution in [2.24, 2.45) is 5.92 Å². The van der Waals surface area contributed by atoms with Crippen LogP contribution in [0.3, 0.4) is 0 Å². The number of phenols is 1. The molecule has 21 heavy (non-hydrogen) atoms. The number of nitrogens with zero attached hydrogens (tertiary/aromatic N) is 1. The number of methoxy groups -OCH3 is 1. The highest BCUT2D eigenvalue weighted by atomic mass is 16.5. The van der Waals surface area contributed by atoms with Gasteiger partial charge in [-0.15, -0.1) is 0 Å². The van der Waals surface area contributed by atoms with Crippen molar-refractivity contribution in [3.8, 4) is 11.5 Å². The smallest absolute Gasteiger partial charge is 0.123 e. The van der Waals surface area contributed by atoms with Crippen LogP contribution in [-0.2, 0) is 6.54 Å². The summed E-state index contributed by atoms with van der Waals surface area (Å²) in [4.78, 5) is 2.59. The van der Waals surface area contributed by atoms with Gasteiger partial charge in [-0.1, -0.05) is 19.9 Å². The number of benzene rings is 1. The third-order valence-electron chi connectivity index (χ3n) is 4.34. The van der Waals surface area contributed by atoms with Crippen molar-refractivity contribution < 1.29 is 9.84 Å². The van der Waals surface area contributed by atoms with E-state index >= 15 is 0 Å². The minimum absolute atomic E-state index is 0.295. The Hall–Kier alpha value is -1.26. The van der Waals surface area contributed by atoms with Crippen molar-refractivity contribution in [1.29, 1.82) is 0 Å². The van der Waals surface area contributed by atoms with Gasteiger partial charge in [0.05, 0.1) is 7.11 Å². The van der Waals surface area contributed by atoms with Gasteiger partial charge in [0.1, 0.15) is 11.5 Å². The molecular weight excluding hydrogens is 264 g/mol. The van der Waals surface area contributed by atoms with Crippen LogP contribution in [0.15, 0.2) is 18.2 Å². The Morgan fingerprint density at radius 2 is 2.00 bits per heavy atom. The standard InChI is InChI=1S/C17H28N2O2/c1-13(2)16(19-8-4-5-9-19)12-18-11-14-6-7-15(21-3)10-17(14)20/h6-7,10,13,16,18,20H,4-5,8-9,11-12H2,1-3H3. The fourth-order valence-corrected chi connectivity index (χ4v) is 3.03. The first-order chi connectivity index (χ1) is 10.1. The van der Waals surface area contributed by atoms with Crippen LogP contribution in [0.25, 0.3) is 0 Å². The van der Waals surface area contributed by atoms with E-state index in [1.165, 1.54) is 25.9 Å². The zero-order valence-electron chi connectivity index (χ0n) is 13.4. The molecule has 1 atom stereocenters. The number of hydrogen-bond acceptors (Lipinski definition) is 4. The van der Waals surface area contributed by atoms with Crippen molar-refractivity contribution in [3.05, 3.63) is 23.8 Å². The zero-order chi connectivity index (χ0) is 15.2. The second kappa shape index (κ2) is 7.66. The van der Waals surface area contributed by atoms with Gasteiger partial charge in [-0.05, 0) is 37.9 Å². The number of rotatable bonds is 7. The van der Waals surface area contributed by atoms with Crippen molar-refractivity contribution in [1.82, 2.24) is 10.2 Å². The third kappa shape index (κ3) is 4.35. The lowest BCUT2D eigenvalue weighted by Crippen LogP contribution is -2.44. The van der Waals surface area contributed by atoms with E-state index in [2.05, 4.69) is 24.1 Å². The van der Waals surface area contributed by atoms with Crippen LogP contribution in [0.5, 0.6) is 11.5 Å². The average molecular weight is 292 g/mol. The van der Waals surface area contributed by atoms with Gasteiger partial charge in [0.25, 0.3) is 0 Å². The number of aromatic hydroxyl groups is 1. The first-order valence-corrected chi connectivity index (χ1v) is 7.92. The van der Waals surface area contributed by atoms with E-state index in [0.717, 1.165) is 12.1 Å². The number of nitrogens with one attached hydrogen (secondary N) is 1. The predicted octanol–water partition coefficient (Wildman–Crippen LogP) is 2.61. The Balaban J connectivity index is 1.87. The topological polar surface area (TPSA) is 44.7 Å². The predicted molar refractivity (Wildman–Crippen MR) is 85.8 cm³/mol. The molecular formula is C17H28N2O2. The van der Waals surface area contributed by atoms with Crippen LogP contribution in [0.1, 0.15) is 32.3 Å². The molecule has 1 aromatic carbocycles. The monoisotopic (exact) mass is 292 g/mol. The molecule has 0 radical (unpaired) electrons. The largest absolute Gasteiger partial charge is 0.507 e. The van der Waals surface area contributed by atoms with E-state index in [-0.39, 0.29) is 0 Å². The normalized spacial score (nSPS) is 17.3. The molecule has 4 heteroatoms.